The minimum Gasteiger partial charge on any atom is -0.369 e. The number of nitro groups is 1. The summed E-state index contributed by atoms with van der Waals surface area (Å²) in [6.45, 7) is 5.49. The van der Waals surface area contributed by atoms with Gasteiger partial charge in [-0.2, -0.15) is 0 Å². The van der Waals surface area contributed by atoms with Crippen molar-refractivity contribution in [1.29, 1.82) is 0 Å². The molecule has 0 saturated carbocycles. The topological polar surface area (TPSA) is 46.4 Å². The number of anilines is 1. The van der Waals surface area contributed by atoms with Crippen molar-refractivity contribution in [2.24, 2.45) is 5.92 Å². The zero-order chi connectivity index (χ0) is 12.6. The van der Waals surface area contributed by atoms with Crippen molar-refractivity contribution in [3.8, 4) is 0 Å². The van der Waals surface area contributed by atoms with Crippen LogP contribution in [0, 0.1) is 19.6 Å². The second kappa shape index (κ2) is 4.80. The van der Waals surface area contributed by atoms with Gasteiger partial charge in [-0.1, -0.05) is 6.92 Å². The molecule has 1 aliphatic rings. The molecule has 1 fully saturated rings. The van der Waals surface area contributed by atoms with Gasteiger partial charge in [-0.3, -0.25) is 10.1 Å². The van der Waals surface area contributed by atoms with Crippen LogP contribution in [0.1, 0.15) is 20.3 Å². The van der Waals surface area contributed by atoms with Crippen molar-refractivity contribution in [3.05, 3.63) is 31.9 Å². The summed E-state index contributed by atoms with van der Waals surface area (Å²) >= 11 is 2.03. The van der Waals surface area contributed by atoms with Crippen LogP contribution >= 0.6 is 22.6 Å². The Hall–Kier alpha value is -0.850. The second-order valence-electron chi connectivity index (χ2n) is 4.74. The number of halogens is 1. The summed E-state index contributed by atoms with van der Waals surface area (Å²) in [4.78, 5) is 12.8. The molecule has 0 amide bonds. The fourth-order valence-electron chi connectivity index (χ4n) is 2.48. The van der Waals surface area contributed by atoms with E-state index in [-0.39, 0.29) is 10.6 Å². The molecule has 5 heteroatoms. The molecule has 0 spiro atoms. The Kier molecular flexibility index (Phi) is 3.56. The van der Waals surface area contributed by atoms with E-state index in [1.165, 1.54) is 6.42 Å². The first-order chi connectivity index (χ1) is 7.99. The monoisotopic (exact) mass is 346 g/mol. The van der Waals surface area contributed by atoms with Crippen LogP contribution in [-0.2, 0) is 0 Å². The van der Waals surface area contributed by atoms with Crippen LogP contribution in [0.4, 0.5) is 11.4 Å². The van der Waals surface area contributed by atoms with Gasteiger partial charge in [0.15, 0.2) is 0 Å². The lowest BCUT2D eigenvalue weighted by Gasteiger charge is -2.23. The largest absolute Gasteiger partial charge is 0.369 e. The summed E-state index contributed by atoms with van der Waals surface area (Å²) in [5, 5.41) is 10.8. The van der Waals surface area contributed by atoms with Gasteiger partial charge in [0.2, 0.25) is 0 Å². The summed E-state index contributed by atoms with van der Waals surface area (Å²) < 4.78 is 0.705. The van der Waals surface area contributed by atoms with Crippen molar-refractivity contribution in [2.45, 2.75) is 26.3 Å². The molecular formula is C12H15IN2O2. The molecule has 0 bridgehead atoms. The van der Waals surface area contributed by atoms with Gasteiger partial charge in [-0.15, -0.1) is 0 Å². The zero-order valence-corrected chi connectivity index (χ0v) is 12.0. The molecule has 92 valence electrons. The first kappa shape index (κ1) is 12.6. The van der Waals surface area contributed by atoms with Crippen LogP contribution in [0.2, 0.25) is 0 Å². The molecule has 1 aliphatic heterocycles. The van der Waals surface area contributed by atoms with Crippen molar-refractivity contribution in [2.75, 3.05) is 11.4 Å². The number of rotatable bonds is 2. The number of benzene rings is 1. The molecule has 0 radical (unpaired) electrons. The van der Waals surface area contributed by atoms with Gasteiger partial charge in [0, 0.05) is 24.3 Å². The molecule has 2 rings (SSSR count). The predicted octanol–water partition coefficient (Wildman–Crippen LogP) is 3.43. The van der Waals surface area contributed by atoms with Gasteiger partial charge < -0.3 is 4.90 Å². The van der Waals surface area contributed by atoms with Crippen molar-refractivity contribution < 1.29 is 4.92 Å². The molecule has 2 atom stereocenters. The van der Waals surface area contributed by atoms with Gasteiger partial charge >= 0.3 is 0 Å². The summed E-state index contributed by atoms with van der Waals surface area (Å²) in [5.74, 6) is 0.692. The summed E-state index contributed by atoms with van der Waals surface area (Å²) in [5.41, 5.74) is 1.28. The standard InChI is InChI=1S/C12H15IN2O2/c1-8-5-9(2)14(7-8)10-3-4-12(15(16)17)11(13)6-10/h3-4,6,8-9H,5,7H2,1-2H3. The smallest absolute Gasteiger partial charge is 0.282 e. The molecule has 4 nitrogen and oxygen atoms in total. The average Bonchev–Trinajstić information content (AvgIpc) is 2.57. The molecule has 1 saturated heterocycles. The Morgan fingerprint density at radius 3 is 2.65 bits per heavy atom. The van der Waals surface area contributed by atoms with Crippen molar-refractivity contribution >= 4 is 34.0 Å². The molecule has 0 aromatic heterocycles. The third-order valence-corrected chi connectivity index (χ3v) is 4.11. The Morgan fingerprint density at radius 2 is 2.18 bits per heavy atom. The minimum absolute atomic E-state index is 0.189. The van der Waals surface area contributed by atoms with Gasteiger partial charge in [-0.05, 0) is 54.0 Å². The molecular weight excluding hydrogens is 331 g/mol. The first-order valence-corrected chi connectivity index (χ1v) is 6.77. The molecule has 1 heterocycles. The SMILES string of the molecule is CC1CC(C)N(c2ccc([N+](=O)[O-])c(I)c2)C1. The highest BCUT2D eigenvalue weighted by atomic mass is 127. The molecule has 1 aromatic rings. The van der Waals surface area contributed by atoms with E-state index in [1.54, 1.807) is 6.07 Å². The highest BCUT2D eigenvalue weighted by molar-refractivity contribution is 14.1. The number of hydrogen-bond donors (Lipinski definition) is 0. The Balaban J connectivity index is 2.29. The highest BCUT2D eigenvalue weighted by Crippen LogP contribution is 2.32. The summed E-state index contributed by atoms with van der Waals surface area (Å²) in [7, 11) is 0. The minimum atomic E-state index is -0.332. The lowest BCUT2D eigenvalue weighted by molar-refractivity contribution is -0.385. The first-order valence-electron chi connectivity index (χ1n) is 5.69. The van der Waals surface area contributed by atoms with E-state index in [2.05, 4.69) is 18.7 Å². The maximum absolute atomic E-state index is 10.8. The second-order valence-corrected chi connectivity index (χ2v) is 5.90. The maximum atomic E-state index is 10.8. The van der Waals surface area contributed by atoms with Crippen LogP contribution in [0.25, 0.3) is 0 Å². The Morgan fingerprint density at radius 1 is 1.47 bits per heavy atom. The number of hydrogen-bond acceptors (Lipinski definition) is 3. The normalized spacial score (nSPS) is 24.1. The van der Waals surface area contributed by atoms with E-state index < -0.39 is 0 Å². The average molecular weight is 346 g/mol. The quantitative estimate of drug-likeness (QED) is 0.468. The van der Waals surface area contributed by atoms with Crippen LogP contribution in [-0.4, -0.2) is 17.5 Å². The fourth-order valence-corrected chi connectivity index (χ4v) is 3.18. The van der Waals surface area contributed by atoms with Crippen molar-refractivity contribution in [3.63, 3.8) is 0 Å². The molecule has 0 N–H and O–H groups in total. The summed E-state index contributed by atoms with van der Waals surface area (Å²) in [6.07, 6.45) is 1.19. The van der Waals surface area contributed by atoms with Gasteiger partial charge in [0.25, 0.3) is 5.69 Å². The number of nitrogens with zero attached hydrogens (tertiary/aromatic N) is 2. The van der Waals surface area contributed by atoms with E-state index >= 15 is 0 Å². The lowest BCUT2D eigenvalue weighted by Crippen LogP contribution is -2.26. The molecule has 2 unspecified atom stereocenters. The van der Waals surface area contributed by atoms with E-state index in [0.29, 0.717) is 15.5 Å². The molecule has 0 aliphatic carbocycles. The molecule has 17 heavy (non-hydrogen) atoms. The number of nitro benzene ring substituents is 1. The Bertz CT molecular complexity index is 450. The van der Waals surface area contributed by atoms with Crippen LogP contribution < -0.4 is 4.90 Å². The van der Waals surface area contributed by atoms with Gasteiger partial charge in [-0.25, -0.2) is 0 Å². The highest BCUT2D eigenvalue weighted by Gasteiger charge is 2.27. The molecule has 1 aromatic carbocycles. The predicted molar refractivity (Wildman–Crippen MR) is 76.4 cm³/mol. The maximum Gasteiger partial charge on any atom is 0.282 e. The van der Waals surface area contributed by atoms with Gasteiger partial charge in [0.1, 0.15) is 0 Å². The summed E-state index contributed by atoms with van der Waals surface area (Å²) in [6, 6.07) is 5.89. The lowest BCUT2D eigenvalue weighted by atomic mass is 10.1. The van der Waals surface area contributed by atoms with Crippen LogP contribution in [0.15, 0.2) is 18.2 Å². The fraction of sp³-hybridized carbons (Fsp3) is 0.500. The van der Waals surface area contributed by atoms with Crippen molar-refractivity contribution in [1.82, 2.24) is 0 Å². The van der Waals surface area contributed by atoms with E-state index in [4.69, 9.17) is 0 Å². The van der Waals surface area contributed by atoms with E-state index in [1.807, 2.05) is 34.7 Å². The van der Waals surface area contributed by atoms with Crippen LogP contribution in [0.3, 0.4) is 0 Å². The third-order valence-electron chi connectivity index (χ3n) is 3.24. The Labute approximate surface area is 114 Å². The van der Waals surface area contributed by atoms with E-state index in [0.717, 1.165) is 12.2 Å². The van der Waals surface area contributed by atoms with Gasteiger partial charge in [0.05, 0.1) is 8.49 Å². The van der Waals surface area contributed by atoms with Crippen LogP contribution in [0.5, 0.6) is 0 Å². The third kappa shape index (κ3) is 2.53. The van der Waals surface area contributed by atoms with E-state index in [9.17, 15) is 10.1 Å². The zero-order valence-electron chi connectivity index (χ0n) is 9.89.